The summed E-state index contributed by atoms with van der Waals surface area (Å²) < 4.78 is 5.30. The number of halogens is 1. The Morgan fingerprint density at radius 2 is 2.17 bits per heavy atom. The van der Waals surface area contributed by atoms with E-state index in [2.05, 4.69) is 22.2 Å². The van der Waals surface area contributed by atoms with E-state index in [0.717, 1.165) is 12.4 Å². The molecule has 1 aliphatic rings. The van der Waals surface area contributed by atoms with Crippen LogP contribution in [-0.2, 0) is 11.3 Å². The van der Waals surface area contributed by atoms with E-state index in [4.69, 9.17) is 16.3 Å². The number of hydrogen-bond acceptors (Lipinski definition) is 4. The van der Waals surface area contributed by atoms with Crippen LogP contribution in [0.4, 0.5) is 5.82 Å². The predicted octanol–water partition coefficient (Wildman–Crippen LogP) is 3.27. The van der Waals surface area contributed by atoms with Crippen LogP contribution in [0.15, 0.2) is 6.07 Å². The average molecular weight is 270 g/mol. The molecule has 2 rings (SSSR count). The summed E-state index contributed by atoms with van der Waals surface area (Å²) in [5.41, 5.74) is 0.484. The molecule has 0 unspecified atom stereocenters. The smallest absolute Gasteiger partial charge is 0.158 e. The molecule has 0 atom stereocenters. The highest BCUT2D eigenvalue weighted by molar-refractivity contribution is 6.29. The number of ether oxygens (including phenoxy) is 1. The van der Waals surface area contributed by atoms with Crippen molar-refractivity contribution in [3.63, 3.8) is 0 Å². The van der Waals surface area contributed by atoms with Crippen molar-refractivity contribution in [1.29, 1.82) is 0 Å². The molecule has 0 saturated heterocycles. The van der Waals surface area contributed by atoms with Crippen molar-refractivity contribution in [2.45, 2.75) is 39.7 Å². The van der Waals surface area contributed by atoms with Crippen LogP contribution in [0.5, 0.6) is 0 Å². The Morgan fingerprint density at radius 3 is 2.78 bits per heavy atom. The molecule has 100 valence electrons. The Kier molecular flexibility index (Phi) is 4.40. The van der Waals surface area contributed by atoms with Gasteiger partial charge >= 0.3 is 0 Å². The predicted molar refractivity (Wildman–Crippen MR) is 72.8 cm³/mol. The molecule has 5 heteroatoms. The molecular weight excluding hydrogens is 250 g/mol. The maximum absolute atomic E-state index is 5.98. The molecule has 1 aromatic heterocycles. The minimum Gasteiger partial charge on any atom is -0.374 e. The third-order valence-electron chi connectivity index (χ3n) is 3.53. The van der Waals surface area contributed by atoms with E-state index in [0.29, 0.717) is 29.6 Å². The van der Waals surface area contributed by atoms with Crippen molar-refractivity contribution in [1.82, 2.24) is 9.97 Å². The van der Waals surface area contributed by atoms with Crippen molar-refractivity contribution in [2.75, 3.05) is 18.5 Å². The highest BCUT2D eigenvalue weighted by Gasteiger charge is 2.40. The van der Waals surface area contributed by atoms with Gasteiger partial charge in [-0.25, -0.2) is 9.97 Å². The maximum Gasteiger partial charge on any atom is 0.158 e. The van der Waals surface area contributed by atoms with E-state index in [1.165, 1.54) is 19.3 Å². The second-order valence-corrected chi connectivity index (χ2v) is 5.22. The molecule has 1 saturated carbocycles. The molecule has 0 aliphatic heterocycles. The minimum absolute atomic E-state index is 0.407. The molecule has 1 N–H and O–H groups in total. The van der Waals surface area contributed by atoms with Crippen LogP contribution in [-0.4, -0.2) is 23.1 Å². The van der Waals surface area contributed by atoms with Gasteiger partial charge in [0.1, 0.15) is 17.6 Å². The number of aromatic nitrogens is 2. The second-order valence-electron chi connectivity index (χ2n) is 4.84. The van der Waals surface area contributed by atoms with Crippen molar-refractivity contribution in [2.24, 2.45) is 5.41 Å². The average Bonchev–Trinajstić information content (AvgIpc) is 3.14. The first kappa shape index (κ1) is 13.6. The van der Waals surface area contributed by atoms with Gasteiger partial charge in [0, 0.05) is 19.2 Å². The first-order valence-corrected chi connectivity index (χ1v) is 6.90. The van der Waals surface area contributed by atoms with Crippen LogP contribution in [0.1, 0.15) is 38.9 Å². The highest BCUT2D eigenvalue weighted by atomic mass is 35.5. The molecule has 18 heavy (non-hydrogen) atoms. The second kappa shape index (κ2) is 5.85. The summed E-state index contributed by atoms with van der Waals surface area (Å²) in [6.45, 7) is 6.21. The summed E-state index contributed by atoms with van der Waals surface area (Å²) in [7, 11) is 0. The zero-order valence-corrected chi connectivity index (χ0v) is 11.8. The Bertz CT molecular complexity index is 407. The maximum atomic E-state index is 5.98. The zero-order valence-electron chi connectivity index (χ0n) is 11.0. The number of nitrogens with one attached hydrogen (secondary N) is 1. The van der Waals surface area contributed by atoms with Crippen molar-refractivity contribution < 1.29 is 4.74 Å². The van der Waals surface area contributed by atoms with Crippen LogP contribution in [0.2, 0.25) is 5.15 Å². The summed E-state index contributed by atoms with van der Waals surface area (Å²) in [5, 5.41) is 3.83. The van der Waals surface area contributed by atoms with Crippen molar-refractivity contribution >= 4 is 17.4 Å². The number of anilines is 1. The number of nitrogens with zero attached hydrogens (tertiary/aromatic N) is 2. The van der Waals surface area contributed by atoms with Crippen LogP contribution < -0.4 is 5.32 Å². The largest absolute Gasteiger partial charge is 0.374 e. The summed E-state index contributed by atoms with van der Waals surface area (Å²) >= 11 is 5.98. The Hall–Kier alpha value is -0.870. The van der Waals surface area contributed by atoms with Gasteiger partial charge in [0.05, 0.1) is 0 Å². The normalized spacial score (nSPS) is 16.6. The van der Waals surface area contributed by atoms with Gasteiger partial charge < -0.3 is 10.1 Å². The topological polar surface area (TPSA) is 47.0 Å². The fourth-order valence-electron chi connectivity index (χ4n) is 1.92. The quantitative estimate of drug-likeness (QED) is 0.772. The lowest BCUT2D eigenvalue weighted by molar-refractivity contribution is 0.128. The molecule has 0 spiro atoms. The molecule has 1 aromatic rings. The summed E-state index contributed by atoms with van der Waals surface area (Å²) in [4.78, 5) is 8.55. The van der Waals surface area contributed by atoms with E-state index in [1.807, 2.05) is 6.92 Å². The van der Waals surface area contributed by atoms with E-state index in [-0.39, 0.29) is 0 Å². The van der Waals surface area contributed by atoms with Gasteiger partial charge in [-0.15, -0.1) is 0 Å². The standard InChI is InChI=1S/C13H20ClN3O/c1-3-13(5-6-13)9-15-11-7-10(14)16-12(17-11)8-18-4-2/h7H,3-6,8-9H2,1-2H3,(H,15,16,17). The number of rotatable bonds is 7. The lowest BCUT2D eigenvalue weighted by Gasteiger charge is -2.14. The van der Waals surface area contributed by atoms with E-state index in [9.17, 15) is 0 Å². The van der Waals surface area contributed by atoms with Gasteiger partial charge in [-0.05, 0) is 31.6 Å². The van der Waals surface area contributed by atoms with E-state index >= 15 is 0 Å². The first-order chi connectivity index (χ1) is 8.67. The Morgan fingerprint density at radius 1 is 1.39 bits per heavy atom. The van der Waals surface area contributed by atoms with Gasteiger partial charge in [-0.2, -0.15) is 0 Å². The van der Waals surface area contributed by atoms with Gasteiger partial charge in [0.15, 0.2) is 5.82 Å². The SMILES string of the molecule is CCOCc1nc(Cl)cc(NCC2(CC)CC2)n1. The van der Waals surface area contributed by atoms with Crippen molar-refractivity contribution in [3.05, 3.63) is 17.0 Å². The molecule has 1 heterocycles. The molecule has 1 fully saturated rings. The molecule has 0 bridgehead atoms. The van der Waals surface area contributed by atoms with Gasteiger partial charge in [-0.1, -0.05) is 18.5 Å². The van der Waals surface area contributed by atoms with Crippen molar-refractivity contribution in [3.8, 4) is 0 Å². The van der Waals surface area contributed by atoms with Crippen LogP contribution >= 0.6 is 11.6 Å². The molecule has 0 amide bonds. The Balaban J connectivity index is 1.96. The summed E-state index contributed by atoms with van der Waals surface area (Å²) in [6.07, 6.45) is 3.83. The van der Waals surface area contributed by atoms with Crippen LogP contribution in [0.25, 0.3) is 0 Å². The molecule has 0 aromatic carbocycles. The third kappa shape index (κ3) is 3.56. The molecule has 4 nitrogen and oxygen atoms in total. The van der Waals surface area contributed by atoms with Gasteiger partial charge in [0.25, 0.3) is 0 Å². The fraction of sp³-hybridized carbons (Fsp3) is 0.692. The van der Waals surface area contributed by atoms with Crippen LogP contribution in [0.3, 0.4) is 0 Å². The third-order valence-corrected chi connectivity index (χ3v) is 3.72. The van der Waals surface area contributed by atoms with Crippen LogP contribution in [0, 0.1) is 5.41 Å². The summed E-state index contributed by atoms with van der Waals surface area (Å²) in [6, 6.07) is 1.77. The minimum atomic E-state index is 0.407. The monoisotopic (exact) mass is 269 g/mol. The lowest BCUT2D eigenvalue weighted by atomic mass is 10.0. The zero-order chi connectivity index (χ0) is 13.0. The highest BCUT2D eigenvalue weighted by Crippen LogP contribution is 2.48. The van der Waals surface area contributed by atoms with E-state index in [1.54, 1.807) is 6.07 Å². The van der Waals surface area contributed by atoms with Gasteiger partial charge in [-0.3, -0.25) is 0 Å². The molecular formula is C13H20ClN3O. The fourth-order valence-corrected chi connectivity index (χ4v) is 2.12. The van der Waals surface area contributed by atoms with Gasteiger partial charge in [0.2, 0.25) is 0 Å². The Labute approximate surface area is 113 Å². The number of hydrogen-bond donors (Lipinski definition) is 1. The van der Waals surface area contributed by atoms with E-state index < -0.39 is 0 Å². The first-order valence-electron chi connectivity index (χ1n) is 6.52. The molecule has 0 radical (unpaired) electrons. The lowest BCUT2D eigenvalue weighted by Crippen LogP contribution is -2.16. The molecule has 1 aliphatic carbocycles. The summed E-state index contributed by atoms with van der Waals surface area (Å²) in [5.74, 6) is 1.43.